The Morgan fingerprint density at radius 1 is 0.970 bits per heavy atom. The number of para-hydroxylation sites is 2. The van der Waals surface area contributed by atoms with Crippen molar-refractivity contribution in [2.75, 3.05) is 0 Å². The first-order chi connectivity index (χ1) is 16.1. The molecule has 0 aliphatic rings. The number of furan rings is 1. The summed E-state index contributed by atoms with van der Waals surface area (Å²) in [5, 5.41) is 13.1. The molecule has 0 spiro atoms. The molecule has 5 aromatic rings. The molecule has 0 bridgehead atoms. The van der Waals surface area contributed by atoms with E-state index in [9.17, 15) is 4.79 Å². The van der Waals surface area contributed by atoms with E-state index in [1.165, 1.54) is 11.8 Å². The second-order valence-corrected chi connectivity index (χ2v) is 8.11. The van der Waals surface area contributed by atoms with Crippen LogP contribution in [0.2, 0.25) is 0 Å². The normalized spacial score (nSPS) is 11.5. The summed E-state index contributed by atoms with van der Waals surface area (Å²) >= 11 is 1.30. The number of aliphatic imine (C=N–C) groups is 1. The lowest BCUT2D eigenvalue weighted by atomic mass is 10.3. The van der Waals surface area contributed by atoms with E-state index in [1.54, 1.807) is 26.3 Å². The number of nitrogens with zero attached hydrogens (tertiary/aromatic N) is 7. The predicted octanol–water partition coefficient (Wildman–Crippen LogP) is 3.95. The predicted molar refractivity (Wildman–Crippen MR) is 125 cm³/mol. The highest BCUT2D eigenvalue weighted by Gasteiger charge is 2.16. The second kappa shape index (κ2) is 8.75. The third-order valence-electron chi connectivity index (χ3n) is 5.08. The number of aromatic nitrogens is 6. The number of tetrazole rings is 1. The van der Waals surface area contributed by atoms with Gasteiger partial charge in [0.2, 0.25) is 5.16 Å². The molecule has 0 amide bonds. The quantitative estimate of drug-likeness (QED) is 0.358. The Hall–Kier alpha value is -4.18. The monoisotopic (exact) mass is 457 g/mol. The van der Waals surface area contributed by atoms with Crippen molar-refractivity contribution in [3.63, 3.8) is 0 Å². The van der Waals surface area contributed by atoms with E-state index in [0.29, 0.717) is 21.7 Å². The van der Waals surface area contributed by atoms with Crippen LogP contribution in [0, 0.1) is 6.92 Å². The summed E-state index contributed by atoms with van der Waals surface area (Å²) in [7, 11) is 1.83. The van der Waals surface area contributed by atoms with Gasteiger partial charge < -0.3 is 4.42 Å². The highest BCUT2D eigenvalue weighted by Crippen LogP contribution is 2.28. The molecule has 0 unspecified atom stereocenters. The van der Waals surface area contributed by atoms with E-state index in [4.69, 9.17) is 4.42 Å². The number of rotatable bonds is 6. The van der Waals surface area contributed by atoms with Crippen LogP contribution >= 0.6 is 11.8 Å². The fourth-order valence-electron chi connectivity index (χ4n) is 3.35. The van der Waals surface area contributed by atoms with E-state index >= 15 is 0 Å². The highest BCUT2D eigenvalue weighted by molar-refractivity contribution is 7.99. The Kier molecular flexibility index (Phi) is 5.49. The van der Waals surface area contributed by atoms with Crippen LogP contribution in [0.1, 0.15) is 11.5 Å². The molecule has 0 N–H and O–H groups in total. The number of hydrogen-bond acceptors (Lipinski definition) is 7. The van der Waals surface area contributed by atoms with Crippen LogP contribution in [0.15, 0.2) is 97.2 Å². The van der Waals surface area contributed by atoms with Crippen LogP contribution in [-0.2, 0) is 7.05 Å². The molecule has 3 aromatic heterocycles. The van der Waals surface area contributed by atoms with Gasteiger partial charge in [-0.25, -0.2) is 9.67 Å². The van der Waals surface area contributed by atoms with E-state index in [2.05, 4.69) is 20.5 Å². The molecular weight excluding hydrogens is 438 g/mol. The molecule has 0 aliphatic heterocycles. The van der Waals surface area contributed by atoms with Gasteiger partial charge in [-0.3, -0.25) is 9.48 Å². The van der Waals surface area contributed by atoms with E-state index < -0.39 is 0 Å². The van der Waals surface area contributed by atoms with Crippen LogP contribution in [0.4, 0.5) is 5.69 Å². The molecule has 33 heavy (non-hydrogen) atoms. The van der Waals surface area contributed by atoms with E-state index in [0.717, 1.165) is 17.1 Å². The van der Waals surface area contributed by atoms with Crippen LogP contribution in [0.25, 0.3) is 11.4 Å². The molecule has 0 aliphatic carbocycles. The van der Waals surface area contributed by atoms with Crippen LogP contribution < -0.4 is 5.56 Å². The average molecular weight is 458 g/mol. The summed E-state index contributed by atoms with van der Waals surface area (Å²) in [6.07, 6.45) is 1.54. The Labute approximate surface area is 193 Å². The first kappa shape index (κ1) is 20.7. The molecule has 10 heteroatoms. The Balaban J connectivity index is 1.38. The van der Waals surface area contributed by atoms with E-state index in [-0.39, 0.29) is 5.56 Å². The highest BCUT2D eigenvalue weighted by atomic mass is 32.2. The molecule has 0 saturated heterocycles. The maximum Gasteiger partial charge on any atom is 0.297 e. The minimum Gasteiger partial charge on any atom is -0.448 e. The van der Waals surface area contributed by atoms with Gasteiger partial charge in [0.25, 0.3) is 5.56 Å². The third-order valence-corrected chi connectivity index (χ3v) is 5.94. The summed E-state index contributed by atoms with van der Waals surface area (Å²) in [4.78, 5) is 17.4. The van der Waals surface area contributed by atoms with E-state index in [1.807, 2.05) is 80.7 Å². The minimum absolute atomic E-state index is 0.194. The van der Waals surface area contributed by atoms with Gasteiger partial charge in [-0.2, -0.15) is 4.68 Å². The Morgan fingerprint density at radius 2 is 1.67 bits per heavy atom. The first-order valence-corrected chi connectivity index (χ1v) is 10.9. The van der Waals surface area contributed by atoms with Crippen molar-refractivity contribution in [3.05, 3.63) is 94.6 Å². The topological polar surface area (TPSA) is 96.0 Å². The van der Waals surface area contributed by atoms with Gasteiger partial charge in [-0.15, -0.1) is 5.10 Å². The Morgan fingerprint density at radius 3 is 2.39 bits per heavy atom. The van der Waals surface area contributed by atoms with Crippen molar-refractivity contribution in [1.29, 1.82) is 0 Å². The molecule has 0 fully saturated rings. The maximum absolute atomic E-state index is 13.0. The lowest BCUT2D eigenvalue weighted by Gasteiger charge is -2.07. The van der Waals surface area contributed by atoms with Gasteiger partial charge >= 0.3 is 0 Å². The van der Waals surface area contributed by atoms with Gasteiger partial charge in [-0.05, 0) is 65.5 Å². The fourth-order valence-corrected chi connectivity index (χ4v) is 4.11. The molecule has 0 radical (unpaired) electrons. The zero-order valence-electron chi connectivity index (χ0n) is 17.9. The minimum atomic E-state index is -0.194. The lowest BCUT2D eigenvalue weighted by molar-refractivity contribution is 0.468. The zero-order valence-corrected chi connectivity index (χ0v) is 18.7. The van der Waals surface area contributed by atoms with Gasteiger partial charge in [0.1, 0.15) is 5.76 Å². The van der Waals surface area contributed by atoms with Crippen molar-refractivity contribution < 1.29 is 4.42 Å². The molecule has 164 valence electrons. The van der Waals surface area contributed by atoms with Crippen molar-refractivity contribution in [3.8, 4) is 11.4 Å². The third kappa shape index (κ3) is 4.03. The van der Waals surface area contributed by atoms with Gasteiger partial charge in [0.05, 0.1) is 23.3 Å². The molecule has 3 heterocycles. The molecule has 0 saturated carbocycles. The standard InChI is InChI=1S/C23H19N7O2S/c1-16-21(22(31)30(28(16)2)18-11-7-4-8-12-18)24-15-19-13-14-20(32-19)33-23-25-26-27-29(23)17-9-5-3-6-10-17/h3-15H,1-2H3. The largest absolute Gasteiger partial charge is 0.448 e. The Bertz CT molecular complexity index is 1480. The molecule has 2 aromatic carbocycles. The smallest absolute Gasteiger partial charge is 0.297 e. The molecular formula is C23H19N7O2S. The first-order valence-electron chi connectivity index (χ1n) is 10.1. The SMILES string of the molecule is Cc1c(N=Cc2ccc(Sc3nnnn3-c3ccccc3)o2)c(=O)n(-c2ccccc2)n1C. The van der Waals surface area contributed by atoms with Crippen LogP contribution in [0.3, 0.4) is 0 Å². The maximum atomic E-state index is 13.0. The lowest BCUT2D eigenvalue weighted by Crippen LogP contribution is -2.19. The molecule has 5 rings (SSSR count). The van der Waals surface area contributed by atoms with Crippen molar-refractivity contribution in [1.82, 2.24) is 29.6 Å². The van der Waals surface area contributed by atoms with Gasteiger partial charge in [-0.1, -0.05) is 36.4 Å². The molecule has 0 atom stereocenters. The fraction of sp³-hybridized carbons (Fsp3) is 0.0870. The van der Waals surface area contributed by atoms with Gasteiger partial charge in [0.15, 0.2) is 10.8 Å². The van der Waals surface area contributed by atoms with Gasteiger partial charge in [0, 0.05) is 7.05 Å². The van der Waals surface area contributed by atoms with Crippen LogP contribution in [-0.4, -0.2) is 35.8 Å². The summed E-state index contributed by atoms with van der Waals surface area (Å²) in [6.45, 7) is 1.86. The molecule has 9 nitrogen and oxygen atoms in total. The average Bonchev–Trinajstić information content (AvgIpc) is 3.54. The zero-order chi connectivity index (χ0) is 22.8. The summed E-state index contributed by atoms with van der Waals surface area (Å²) in [5.41, 5.74) is 2.55. The number of benzene rings is 2. The summed E-state index contributed by atoms with van der Waals surface area (Å²) < 4.78 is 10.9. The summed E-state index contributed by atoms with van der Waals surface area (Å²) in [6, 6.07) is 22.7. The van der Waals surface area contributed by atoms with Crippen molar-refractivity contribution in [2.45, 2.75) is 17.2 Å². The number of hydrogen-bond donors (Lipinski definition) is 0. The summed E-state index contributed by atoms with van der Waals surface area (Å²) in [5.74, 6) is 0.519. The second-order valence-electron chi connectivity index (χ2n) is 7.14. The van der Waals surface area contributed by atoms with Crippen LogP contribution in [0.5, 0.6) is 0 Å². The van der Waals surface area contributed by atoms with Crippen molar-refractivity contribution >= 4 is 23.7 Å². The van der Waals surface area contributed by atoms with Crippen molar-refractivity contribution in [2.24, 2.45) is 12.0 Å².